The molecule has 0 spiro atoms. The number of nitrogens with one attached hydrogen (secondary N) is 1. The summed E-state index contributed by atoms with van der Waals surface area (Å²) in [6, 6.07) is 19.0. The molecule has 3 rings (SSSR count). The molecule has 35 heavy (non-hydrogen) atoms. The molecule has 0 saturated carbocycles. The maximum Gasteiger partial charge on any atom is 0.264 e. The number of hydrogen-bond donors (Lipinski definition) is 1. The van der Waals surface area contributed by atoms with E-state index in [4.69, 9.17) is 9.47 Å². The van der Waals surface area contributed by atoms with Crippen LogP contribution in [0.15, 0.2) is 82.6 Å². The van der Waals surface area contributed by atoms with E-state index in [9.17, 15) is 17.6 Å². The molecule has 0 bridgehead atoms. The molecule has 0 heterocycles. The summed E-state index contributed by atoms with van der Waals surface area (Å²) in [5, 5.41) is 2.77. The monoisotopic (exact) mass is 518 g/mol. The second kappa shape index (κ2) is 12.5. The van der Waals surface area contributed by atoms with Gasteiger partial charge in [-0.25, -0.2) is 12.8 Å². The Morgan fingerprint density at radius 1 is 0.971 bits per heavy atom. The van der Waals surface area contributed by atoms with E-state index in [-0.39, 0.29) is 16.3 Å². The lowest BCUT2D eigenvalue weighted by molar-refractivity contribution is -0.119. The molecule has 0 radical (unpaired) electrons. The third-order valence-corrected chi connectivity index (χ3v) is 7.87. The van der Waals surface area contributed by atoms with Gasteiger partial charge < -0.3 is 14.8 Å². The molecule has 3 aromatic rings. The molecule has 0 aliphatic carbocycles. The van der Waals surface area contributed by atoms with Gasteiger partial charge in [0, 0.05) is 17.5 Å². The first-order valence-corrected chi connectivity index (χ1v) is 13.2. The van der Waals surface area contributed by atoms with Crippen molar-refractivity contribution in [2.45, 2.75) is 16.2 Å². The molecular formula is C25H27FN2O5S2. The Morgan fingerprint density at radius 3 is 2.31 bits per heavy atom. The highest BCUT2D eigenvalue weighted by Gasteiger charge is 2.28. The molecule has 0 unspecified atom stereocenters. The topological polar surface area (TPSA) is 84.9 Å². The van der Waals surface area contributed by atoms with Gasteiger partial charge in [-0.2, -0.15) is 0 Å². The molecule has 0 atom stereocenters. The smallest absolute Gasteiger partial charge is 0.264 e. The van der Waals surface area contributed by atoms with Crippen molar-refractivity contribution in [3.05, 3.63) is 78.6 Å². The molecule has 0 aliphatic rings. The lowest BCUT2D eigenvalue weighted by Crippen LogP contribution is -2.41. The van der Waals surface area contributed by atoms with Gasteiger partial charge in [-0.3, -0.25) is 9.10 Å². The summed E-state index contributed by atoms with van der Waals surface area (Å²) in [7, 11) is -1.34. The minimum Gasteiger partial charge on any atom is -0.493 e. The maximum atomic E-state index is 13.5. The van der Waals surface area contributed by atoms with Gasteiger partial charge in [0.25, 0.3) is 10.0 Å². The van der Waals surface area contributed by atoms with Crippen molar-refractivity contribution >= 4 is 33.4 Å². The Kier molecular flexibility index (Phi) is 9.39. The second-order valence-corrected chi connectivity index (χ2v) is 10.4. The largest absolute Gasteiger partial charge is 0.493 e. The van der Waals surface area contributed by atoms with E-state index < -0.39 is 28.3 Å². The molecular weight excluding hydrogens is 491 g/mol. The van der Waals surface area contributed by atoms with Crippen LogP contribution in [0.5, 0.6) is 11.5 Å². The van der Waals surface area contributed by atoms with Crippen molar-refractivity contribution in [3.63, 3.8) is 0 Å². The average Bonchev–Trinajstić information content (AvgIpc) is 2.87. The maximum absolute atomic E-state index is 13.5. The highest BCUT2D eigenvalue weighted by molar-refractivity contribution is 7.99. The third kappa shape index (κ3) is 7.12. The third-order valence-electron chi connectivity index (χ3n) is 5.00. The molecule has 1 N–H and O–H groups in total. The fraction of sp³-hybridized carbons (Fsp3) is 0.240. The van der Waals surface area contributed by atoms with Gasteiger partial charge in [-0.15, -0.1) is 11.8 Å². The van der Waals surface area contributed by atoms with Crippen LogP contribution in [0.1, 0.15) is 6.42 Å². The van der Waals surface area contributed by atoms with Crippen LogP contribution in [-0.4, -0.2) is 47.4 Å². The summed E-state index contributed by atoms with van der Waals surface area (Å²) in [5.74, 6) is 0.412. The molecule has 0 fully saturated rings. The molecule has 7 nitrogen and oxygen atoms in total. The predicted molar refractivity (Wildman–Crippen MR) is 135 cm³/mol. The van der Waals surface area contributed by atoms with E-state index in [2.05, 4.69) is 5.32 Å². The number of amides is 1. The summed E-state index contributed by atoms with van der Waals surface area (Å²) in [6.07, 6.45) is 0.713. The van der Waals surface area contributed by atoms with Crippen LogP contribution in [0, 0.1) is 5.82 Å². The van der Waals surface area contributed by atoms with Crippen LogP contribution in [0.2, 0.25) is 0 Å². The van der Waals surface area contributed by atoms with E-state index >= 15 is 0 Å². The number of carbonyl (C=O) groups excluding carboxylic acids is 1. The van der Waals surface area contributed by atoms with E-state index in [1.807, 2.05) is 30.3 Å². The van der Waals surface area contributed by atoms with Crippen molar-refractivity contribution in [1.82, 2.24) is 5.32 Å². The van der Waals surface area contributed by atoms with Gasteiger partial charge in [0.2, 0.25) is 5.91 Å². The molecule has 0 aromatic heterocycles. The Morgan fingerprint density at radius 2 is 1.66 bits per heavy atom. The minimum absolute atomic E-state index is 0.0912. The lowest BCUT2D eigenvalue weighted by Gasteiger charge is -2.24. The van der Waals surface area contributed by atoms with E-state index in [1.54, 1.807) is 11.8 Å². The summed E-state index contributed by atoms with van der Waals surface area (Å²) >= 11 is 1.68. The highest BCUT2D eigenvalue weighted by atomic mass is 32.2. The number of sulfonamides is 1. The number of thioether (sulfide) groups is 1. The number of carbonyl (C=O) groups is 1. The van der Waals surface area contributed by atoms with Gasteiger partial charge in [0.1, 0.15) is 12.4 Å². The van der Waals surface area contributed by atoms with Crippen LogP contribution in [0.3, 0.4) is 0 Å². The van der Waals surface area contributed by atoms with Crippen molar-refractivity contribution in [1.29, 1.82) is 0 Å². The number of rotatable bonds is 12. The van der Waals surface area contributed by atoms with Crippen molar-refractivity contribution in [2.75, 3.05) is 37.4 Å². The van der Waals surface area contributed by atoms with E-state index in [1.165, 1.54) is 44.6 Å². The Bertz CT molecular complexity index is 1220. The van der Waals surface area contributed by atoms with Crippen LogP contribution in [0.4, 0.5) is 10.1 Å². The Balaban J connectivity index is 1.72. The van der Waals surface area contributed by atoms with Crippen LogP contribution in [-0.2, 0) is 14.8 Å². The molecule has 0 aliphatic heterocycles. The Hall–Kier alpha value is -3.24. The SMILES string of the molecule is COc1ccc(S(=O)(=O)N(CC(=O)NCCCSc2ccccc2)c2ccc(F)cc2)cc1OC. The number of ether oxygens (including phenoxy) is 2. The van der Waals surface area contributed by atoms with E-state index in [0.717, 1.165) is 27.1 Å². The molecule has 186 valence electrons. The Labute approximate surface area is 209 Å². The zero-order valence-electron chi connectivity index (χ0n) is 19.4. The number of hydrogen-bond acceptors (Lipinski definition) is 6. The quantitative estimate of drug-likeness (QED) is 0.284. The van der Waals surface area contributed by atoms with Crippen molar-refractivity contribution < 1.29 is 27.1 Å². The summed E-state index contributed by atoms with van der Waals surface area (Å²) in [4.78, 5) is 13.7. The first-order chi connectivity index (χ1) is 16.8. The number of halogens is 1. The van der Waals surface area contributed by atoms with E-state index in [0.29, 0.717) is 18.7 Å². The fourth-order valence-corrected chi connectivity index (χ4v) is 5.53. The molecule has 0 saturated heterocycles. The summed E-state index contributed by atoms with van der Waals surface area (Å²) < 4.78 is 51.9. The fourth-order valence-electron chi connectivity index (χ4n) is 3.22. The molecule has 1 amide bonds. The van der Waals surface area contributed by atoms with Gasteiger partial charge >= 0.3 is 0 Å². The van der Waals surface area contributed by atoms with Gasteiger partial charge in [0.05, 0.1) is 24.8 Å². The number of methoxy groups -OCH3 is 2. The van der Waals surface area contributed by atoms with Gasteiger partial charge in [0.15, 0.2) is 11.5 Å². The lowest BCUT2D eigenvalue weighted by atomic mass is 10.3. The number of anilines is 1. The first kappa shape index (κ1) is 26.4. The standard InChI is InChI=1S/C25H27FN2O5S2/c1-32-23-14-13-22(17-24(23)33-2)35(30,31)28(20-11-9-19(26)10-12-20)18-25(29)27-15-6-16-34-21-7-4-3-5-8-21/h3-5,7-14,17H,6,15-16,18H2,1-2H3,(H,27,29). The predicted octanol–water partition coefficient (Wildman–Crippen LogP) is 4.34. The van der Waals surface area contributed by atoms with Gasteiger partial charge in [-0.05, 0) is 60.7 Å². The first-order valence-electron chi connectivity index (χ1n) is 10.8. The highest BCUT2D eigenvalue weighted by Crippen LogP contribution is 2.32. The molecule has 10 heteroatoms. The van der Waals surface area contributed by atoms with Crippen LogP contribution < -0.4 is 19.1 Å². The van der Waals surface area contributed by atoms with Crippen LogP contribution in [0.25, 0.3) is 0 Å². The summed E-state index contributed by atoms with van der Waals surface area (Å²) in [5.41, 5.74) is 0.163. The normalized spacial score (nSPS) is 11.1. The molecule has 3 aromatic carbocycles. The van der Waals surface area contributed by atoms with Crippen molar-refractivity contribution in [3.8, 4) is 11.5 Å². The van der Waals surface area contributed by atoms with Gasteiger partial charge in [-0.1, -0.05) is 18.2 Å². The average molecular weight is 519 g/mol. The van der Waals surface area contributed by atoms with Crippen molar-refractivity contribution in [2.24, 2.45) is 0 Å². The number of benzene rings is 3. The van der Waals surface area contributed by atoms with Crippen LogP contribution >= 0.6 is 11.8 Å². The minimum atomic E-state index is -4.18. The number of nitrogens with zero attached hydrogens (tertiary/aromatic N) is 1. The summed E-state index contributed by atoms with van der Waals surface area (Å²) in [6.45, 7) is -0.0690. The zero-order valence-corrected chi connectivity index (χ0v) is 21.1. The zero-order chi connectivity index (χ0) is 25.3. The second-order valence-electron chi connectivity index (χ2n) is 7.37.